The van der Waals surface area contributed by atoms with Crippen LogP contribution in [-0.4, -0.2) is 5.91 Å². The van der Waals surface area contributed by atoms with Crippen LogP contribution in [0, 0.1) is 12.7 Å². The molecule has 3 aromatic carbocycles. The zero-order valence-corrected chi connectivity index (χ0v) is 15.0. The van der Waals surface area contributed by atoms with Crippen LogP contribution in [0.5, 0.6) is 0 Å². The molecule has 1 amide bonds. The molecule has 28 heavy (non-hydrogen) atoms. The Morgan fingerprint density at radius 1 is 0.964 bits per heavy atom. The van der Waals surface area contributed by atoms with E-state index in [1.807, 2.05) is 31.2 Å². The first-order chi connectivity index (χ1) is 13.5. The summed E-state index contributed by atoms with van der Waals surface area (Å²) in [5.74, 6) is -0.469. The fraction of sp³-hybridized carbons (Fsp3) is 0.0435. The SMILES string of the molecule is Cc1ccc(-c2cc(=O)c3cc(NC(=O)c4cccc(F)c4)ccc3o2)cc1. The van der Waals surface area contributed by atoms with Crippen LogP contribution in [0.15, 0.2) is 82.0 Å². The number of nitrogens with one attached hydrogen (secondary N) is 1. The zero-order valence-electron chi connectivity index (χ0n) is 15.0. The fourth-order valence-electron chi connectivity index (χ4n) is 2.93. The highest BCUT2D eigenvalue weighted by Crippen LogP contribution is 2.24. The molecule has 0 unspecified atom stereocenters. The van der Waals surface area contributed by atoms with Gasteiger partial charge >= 0.3 is 0 Å². The molecule has 4 aromatic rings. The number of aryl methyl sites for hydroxylation is 1. The van der Waals surface area contributed by atoms with Crippen molar-refractivity contribution in [2.75, 3.05) is 5.32 Å². The molecule has 0 atom stereocenters. The molecule has 0 spiro atoms. The van der Waals surface area contributed by atoms with E-state index < -0.39 is 11.7 Å². The van der Waals surface area contributed by atoms with E-state index >= 15 is 0 Å². The number of rotatable bonds is 3. The summed E-state index contributed by atoms with van der Waals surface area (Å²) in [6.07, 6.45) is 0. The van der Waals surface area contributed by atoms with Gasteiger partial charge < -0.3 is 9.73 Å². The van der Waals surface area contributed by atoms with E-state index in [-0.39, 0.29) is 11.0 Å². The van der Waals surface area contributed by atoms with Crippen molar-refractivity contribution in [1.29, 1.82) is 0 Å². The highest BCUT2D eigenvalue weighted by atomic mass is 19.1. The summed E-state index contributed by atoms with van der Waals surface area (Å²) in [5.41, 5.74) is 2.77. The number of carbonyl (C=O) groups excluding carboxylic acids is 1. The lowest BCUT2D eigenvalue weighted by Crippen LogP contribution is -2.12. The smallest absolute Gasteiger partial charge is 0.255 e. The molecule has 1 aromatic heterocycles. The first kappa shape index (κ1) is 17.7. The number of carbonyl (C=O) groups is 1. The zero-order chi connectivity index (χ0) is 19.7. The molecule has 0 aliphatic carbocycles. The van der Waals surface area contributed by atoms with Crippen molar-refractivity contribution in [3.05, 3.63) is 100.0 Å². The van der Waals surface area contributed by atoms with E-state index in [1.165, 1.54) is 24.3 Å². The molecule has 0 saturated heterocycles. The molecule has 0 fully saturated rings. The molecular weight excluding hydrogens is 357 g/mol. The Labute approximate surface area is 160 Å². The number of benzene rings is 3. The first-order valence-corrected chi connectivity index (χ1v) is 8.71. The summed E-state index contributed by atoms with van der Waals surface area (Å²) < 4.78 is 19.2. The lowest BCUT2D eigenvalue weighted by Gasteiger charge is -2.08. The monoisotopic (exact) mass is 373 g/mol. The number of amides is 1. The number of anilines is 1. The Kier molecular flexibility index (Phi) is 4.49. The highest BCUT2D eigenvalue weighted by molar-refractivity contribution is 6.05. The maximum Gasteiger partial charge on any atom is 0.255 e. The van der Waals surface area contributed by atoms with E-state index in [2.05, 4.69) is 5.32 Å². The lowest BCUT2D eigenvalue weighted by atomic mass is 10.1. The number of hydrogen-bond acceptors (Lipinski definition) is 3. The molecule has 0 aliphatic rings. The minimum atomic E-state index is -0.490. The molecule has 0 aliphatic heterocycles. The van der Waals surface area contributed by atoms with Crippen LogP contribution in [0.4, 0.5) is 10.1 Å². The maximum absolute atomic E-state index is 13.3. The van der Waals surface area contributed by atoms with Crippen molar-refractivity contribution in [2.24, 2.45) is 0 Å². The molecule has 0 saturated carbocycles. The van der Waals surface area contributed by atoms with Crippen molar-refractivity contribution >= 4 is 22.6 Å². The van der Waals surface area contributed by atoms with Crippen LogP contribution in [-0.2, 0) is 0 Å². The number of fused-ring (bicyclic) bond motifs is 1. The normalized spacial score (nSPS) is 10.8. The van der Waals surface area contributed by atoms with Crippen molar-refractivity contribution in [2.45, 2.75) is 6.92 Å². The van der Waals surface area contributed by atoms with Crippen LogP contribution < -0.4 is 10.7 Å². The van der Waals surface area contributed by atoms with Gasteiger partial charge in [-0.25, -0.2) is 4.39 Å². The van der Waals surface area contributed by atoms with Gasteiger partial charge in [-0.3, -0.25) is 9.59 Å². The predicted octanol–water partition coefficient (Wildman–Crippen LogP) is 5.16. The van der Waals surface area contributed by atoms with Crippen LogP contribution in [0.1, 0.15) is 15.9 Å². The van der Waals surface area contributed by atoms with Crippen LogP contribution in [0.3, 0.4) is 0 Å². The quantitative estimate of drug-likeness (QED) is 0.540. The standard InChI is InChI=1S/C23H16FNO3/c1-14-5-7-15(8-6-14)22-13-20(26)19-12-18(9-10-21(19)28-22)25-23(27)16-3-2-4-17(24)11-16/h2-13H,1H3,(H,25,27). The fourth-order valence-corrected chi connectivity index (χ4v) is 2.93. The number of halogens is 1. The van der Waals surface area contributed by atoms with Crippen molar-refractivity contribution in [1.82, 2.24) is 0 Å². The molecule has 138 valence electrons. The van der Waals surface area contributed by atoms with Gasteiger partial charge in [0.15, 0.2) is 5.43 Å². The minimum Gasteiger partial charge on any atom is -0.456 e. The van der Waals surface area contributed by atoms with Gasteiger partial charge in [0.1, 0.15) is 17.2 Å². The topological polar surface area (TPSA) is 59.3 Å². The van der Waals surface area contributed by atoms with Gasteiger partial charge in [0.2, 0.25) is 0 Å². The molecule has 0 radical (unpaired) electrons. The molecule has 1 heterocycles. The van der Waals surface area contributed by atoms with Gasteiger partial charge in [-0.2, -0.15) is 0 Å². The molecular formula is C23H16FNO3. The van der Waals surface area contributed by atoms with Crippen molar-refractivity contribution < 1.29 is 13.6 Å². The highest BCUT2D eigenvalue weighted by Gasteiger charge is 2.11. The summed E-state index contributed by atoms with van der Waals surface area (Å²) in [6.45, 7) is 1.99. The minimum absolute atomic E-state index is 0.196. The predicted molar refractivity (Wildman–Crippen MR) is 107 cm³/mol. The van der Waals surface area contributed by atoms with Gasteiger partial charge in [0.25, 0.3) is 5.91 Å². The van der Waals surface area contributed by atoms with Gasteiger partial charge in [-0.05, 0) is 43.3 Å². The van der Waals surface area contributed by atoms with E-state index in [4.69, 9.17) is 4.42 Å². The van der Waals surface area contributed by atoms with E-state index in [9.17, 15) is 14.0 Å². The van der Waals surface area contributed by atoms with Crippen LogP contribution in [0.2, 0.25) is 0 Å². The van der Waals surface area contributed by atoms with Gasteiger partial charge in [0, 0.05) is 22.9 Å². The third-order valence-corrected chi connectivity index (χ3v) is 4.41. The molecule has 0 bridgehead atoms. The second-order valence-corrected chi connectivity index (χ2v) is 6.52. The van der Waals surface area contributed by atoms with Crippen LogP contribution >= 0.6 is 0 Å². The third kappa shape index (κ3) is 3.55. The molecule has 5 heteroatoms. The Hall–Kier alpha value is -3.73. The second-order valence-electron chi connectivity index (χ2n) is 6.52. The summed E-state index contributed by atoms with van der Waals surface area (Å²) >= 11 is 0. The average Bonchev–Trinajstić information content (AvgIpc) is 2.69. The van der Waals surface area contributed by atoms with Crippen molar-refractivity contribution in [3.8, 4) is 11.3 Å². The first-order valence-electron chi connectivity index (χ1n) is 8.71. The Balaban J connectivity index is 1.67. The van der Waals surface area contributed by atoms with E-state index in [0.29, 0.717) is 22.4 Å². The lowest BCUT2D eigenvalue weighted by molar-refractivity contribution is 0.102. The van der Waals surface area contributed by atoms with Gasteiger partial charge in [0.05, 0.1) is 5.39 Å². The summed E-state index contributed by atoms with van der Waals surface area (Å²) in [4.78, 5) is 24.8. The summed E-state index contributed by atoms with van der Waals surface area (Å²) in [7, 11) is 0. The third-order valence-electron chi connectivity index (χ3n) is 4.41. The average molecular weight is 373 g/mol. The summed E-state index contributed by atoms with van der Waals surface area (Å²) in [6, 6.07) is 19.4. The molecule has 1 N–H and O–H groups in total. The Morgan fingerprint density at radius 3 is 2.50 bits per heavy atom. The Bertz CT molecular complexity index is 1240. The van der Waals surface area contributed by atoms with E-state index in [0.717, 1.165) is 17.2 Å². The second kappa shape index (κ2) is 7.12. The van der Waals surface area contributed by atoms with Crippen molar-refractivity contribution in [3.63, 3.8) is 0 Å². The largest absolute Gasteiger partial charge is 0.456 e. The molecule has 4 nitrogen and oxygen atoms in total. The van der Waals surface area contributed by atoms with Crippen LogP contribution in [0.25, 0.3) is 22.3 Å². The maximum atomic E-state index is 13.3. The number of hydrogen-bond donors (Lipinski definition) is 1. The summed E-state index contributed by atoms with van der Waals surface area (Å²) in [5, 5.41) is 3.03. The van der Waals surface area contributed by atoms with Gasteiger partial charge in [-0.1, -0.05) is 35.9 Å². The molecule has 4 rings (SSSR count). The Morgan fingerprint density at radius 2 is 1.75 bits per heavy atom. The van der Waals surface area contributed by atoms with E-state index in [1.54, 1.807) is 18.2 Å². The van der Waals surface area contributed by atoms with Gasteiger partial charge in [-0.15, -0.1) is 0 Å².